The van der Waals surface area contributed by atoms with Crippen LogP contribution >= 0.6 is 0 Å². The van der Waals surface area contributed by atoms with E-state index in [4.69, 9.17) is 0 Å². The Bertz CT molecular complexity index is 116. The van der Waals surface area contributed by atoms with Gasteiger partial charge >= 0.3 is 8.68 Å². The van der Waals surface area contributed by atoms with Gasteiger partial charge in [-0.2, -0.15) is 0 Å². The third kappa shape index (κ3) is 9.83. The number of hydrogen-bond donors (Lipinski definition) is 0. The average Bonchev–Trinajstić information content (AvgIpc) is 2.07. The summed E-state index contributed by atoms with van der Waals surface area (Å²) in [6.45, 7) is 14.2. The minimum absolute atomic E-state index is 0. The minimum Gasteiger partial charge on any atom is -0.418 e. The molecule has 0 spiro atoms. The van der Waals surface area contributed by atoms with Crippen molar-refractivity contribution in [3.63, 3.8) is 0 Å². The van der Waals surface area contributed by atoms with Crippen LogP contribution in [0.15, 0.2) is 0 Å². The van der Waals surface area contributed by atoms with E-state index in [0.29, 0.717) is 0 Å². The second-order valence-corrected chi connectivity index (χ2v) is 3.10. The topological polar surface area (TPSA) is 0 Å². The van der Waals surface area contributed by atoms with Crippen LogP contribution in [-0.4, -0.2) is 37.9 Å². The third-order valence-electron chi connectivity index (χ3n) is 2.68. The molecule has 0 saturated carbocycles. The molecular weight excluding hydrogens is 197 g/mol. The van der Waals surface area contributed by atoms with Crippen LogP contribution in [0.5, 0.6) is 0 Å². The Hall–Kier alpha value is -0.255. The molecule has 0 saturated heterocycles. The van der Waals surface area contributed by atoms with Crippen molar-refractivity contribution in [1.29, 1.82) is 0 Å². The normalized spacial score (nSPS) is 12.0. The Labute approximate surface area is 85.3 Å². The fraction of sp³-hybridized carbons (Fsp3) is 1.00. The van der Waals surface area contributed by atoms with Gasteiger partial charge in [-0.1, -0.05) is 0 Å². The molecule has 0 aliphatic carbocycles. The highest BCUT2D eigenvalue weighted by Gasteiger charge is 2.20. The quantitative estimate of drug-likeness (QED) is 0.385. The van der Waals surface area contributed by atoms with Gasteiger partial charge in [0.1, 0.15) is 0 Å². The van der Waals surface area contributed by atoms with Gasteiger partial charge in [0, 0.05) is 0 Å². The van der Waals surface area contributed by atoms with Gasteiger partial charge in [-0.25, -0.2) is 0 Å². The van der Waals surface area contributed by atoms with Gasteiger partial charge in [0.2, 0.25) is 0 Å². The SMILES string of the molecule is CC[N+](CC)(CC)CC.F[B-](F)(F)F.[H+]. The summed E-state index contributed by atoms with van der Waals surface area (Å²) < 4.78 is 40.3. The summed E-state index contributed by atoms with van der Waals surface area (Å²) in [4.78, 5) is 0. The Morgan fingerprint density at radius 1 is 0.786 bits per heavy atom. The molecule has 6 heteroatoms. The predicted molar refractivity (Wildman–Crippen MR) is 53.7 cm³/mol. The summed E-state index contributed by atoms with van der Waals surface area (Å²) in [5.74, 6) is 0. The second-order valence-electron chi connectivity index (χ2n) is 3.10. The van der Waals surface area contributed by atoms with Crippen molar-refractivity contribution in [3.8, 4) is 0 Å². The zero-order valence-electron chi connectivity index (χ0n) is 10.4. The van der Waals surface area contributed by atoms with Crippen LogP contribution in [0.2, 0.25) is 0 Å². The maximum absolute atomic E-state index is 9.75. The average molecular weight is 218 g/mol. The molecule has 0 fully saturated rings. The lowest BCUT2D eigenvalue weighted by atomic mass is 10.3. The van der Waals surface area contributed by atoms with Gasteiger partial charge in [-0.3, -0.25) is 0 Å². The molecule has 0 aliphatic heterocycles. The van der Waals surface area contributed by atoms with E-state index in [1.165, 1.54) is 30.7 Å². The van der Waals surface area contributed by atoms with Gasteiger partial charge < -0.3 is 21.7 Å². The van der Waals surface area contributed by atoms with Gasteiger partial charge in [-0.05, 0) is 27.7 Å². The summed E-state index contributed by atoms with van der Waals surface area (Å²) in [6, 6.07) is 0. The monoisotopic (exact) mass is 218 g/mol. The molecule has 0 amide bonds. The number of nitrogens with zero attached hydrogens (tertiary/aromatic N) is 1. The first-order valence-corrected chi connectivity index (χ1v) is 4.97. The molecule has 1 nitrogen and oxygen atoms in total. The van der Waals surface area contributed by atoms with Crippen molar-refractivity contribution >= 4 is 7.25 Å². The molecule has 0 unspecified atom stereocenters. The first kappa shape index (κ1) is 16.2. The van der Waals surface area contributed by atoms with E-state index in [0.717, 1.165) is 0 Å². The van der Waals surface area contributed by atoms with Crippen molar-refractivity contribution in [2.24, 2.45) is 0 Å². The van der Waals surface area contributed by atoms with Gasteiger partial charge in [0.05, 0.1) is 26.2 Å². The Morgan fingerprint density at radius 2 is 0.929 bits per heavy atom. The minimum atomic E-state index is -6.00. The lowest BCUT2D eigenvalue weighted by molar-refractivity contribution is -0.921. The summed E-state index contributed by atoms with van der Waals surface area (Å²) >= 11 is 0. The summed E-state index contributed by atoms with van der Waals surface area (Å²) in [5, 5.41) is 0. The first-order chi connectivity index (χ1) is 6.24. The fourth-order valence-electron chi connectivity index (χ4n) is 1.34. The molecule has 0 atom stereocenters. The van der Waals surface area contributed by atoms with Crippen LogP contribution in [0.3, 0.4) is 0 Å². The Kier molecular flexibility index (Phi) is 8.20. The molecule has 0 radical (unpaired) electrons. The molecule has 88 valence electrons. The summed E-state index contributed by atoms with van der Waals surface area (Å²) in [7, 11) is -6.00. The molecule has 14 heavy (non-hydrogen) atoms. The van der Waals surface area contributed by atoms with Gasteiger partial charge in [0.15, 0.2) is 0 Å². The second kappa shape index (κ2) is 7.09. The maximum atomic E-state index is 9.75. The lowest BCUT2D eigenvalue weighted by Gasteiger charge is -2.34. The molecule has 0 N–H and O–H groups in total. The fourth-order valence-corrected chi connectivity index (χ4v) is 1.34. The van der Waals surface area contributed by atoms with E-state index in [-0.39, 0.29) is 1.43 Å². The highest BCUT2D eigenvalue weighted by Crippen LogP contribution is 2.06. The van der Waals surface area contributed by atoms with Crippen LogP contribution < -0.4 is 0 Å². The van der Waals surface area contributed by atoms with Crippen molar-refractivity contribution in [2.45, 2.75) is 27.7 Å². The molecular formula is C8H21BF4N+. The van der Waals surface area contributed by atoms with E-state index in [1.807, 2.05) is 0 Å². The summed E-state index contributed by atoms with van der Waals surface area (Å²) in [5.41, 5.74) is 0. The van der Waals surface area contributed by atoms with E-state index in [2.05, 4.69) is 27.7 Å². The molecule has 0 aromatic carbocycles. The van der Waals surface area contributed by atoms with Gasteiger partial charge in [0.25, 0.3) is 0 Å². The number of halogens is 4. The maximum Gasteiger partial charge on any atom is 1.00 e. The van der Waals surface area contributed by atoms with Crippen molar-refractivity contribution in [3.05, 3.63) is 0 Å². The van der Waals surface area contributed by atoms with Crippen LogP contribution in [0.25, 0.3) is 0 Å². The largest absolute Gasteiger partial charge is 1.00 e. The Balaban J connectivity index is -0.000000208. The lowest BCUT2D eigenvalue weighted by Crippen LogP contribution is -2.47. The first-order valence-electron chi connectivity index (χ1n) is 4.97. The van der Waals surface area contributed by atoms with E-state index < -0.39 is 7.25 Å². The number of quaternary nitrogens is 1. The zero-order chi connectivity index (χ0) is 11.8. The highest BCUT2D eigenvalue weighted by molar-refractivity contribution is 6.50. The third-order valence-corrected chi connectivity index (χ3v) is 2.68. The van der Waals surface area contributed by atoms with Crippen molar-refractivity contribution < 1.29 is 23.2 Å². The van der Waals surface area contributed by atoms with Crippen molar-refractivity contribution in [2.75, 3.05) is 26.2 Å². The van der Waals surface area contributed by atoms with Crippen LogP contribution in [0.1, 0.15) is 29.1 Å². The van der Waals surface area contributed by atoms with E-state index in [9.17, 15) is 17.3 Å². The van der Waals surface area contributed by atoms with Crippen LogP contribution in [0, 0.1) is 0 Å². The molecule has 0 aromatic heterocycles. The van der Waals surface area contributed by atoms with E-state index in [1.54, 1.807) is 0 Å². The smallest absolute Gasteiger partial charge is 0.418 e. The number of hydrogen-bond acceptors (Lipinski definition) is 0. The van der Waals surface area contributed by atoms with E-state index >= 15 is 0 Å². The molecule has 0 bridgehead atoms. The zero-order valence-corrected chi connectivity index (χ0v) is 9.36. The van der Waals surface area contributed by atoms with Crippen LogP contribution in [-0.2, 0) is 0 Å². The van der Waals surface area contributed by atoms with Gasteiger partial charge in [-0.15, -0.1) is 0 Å². The number of rotatable bonds is 4. The predicted octanol–water partition coefficient (Wildman–Crippen LogP) is 3.30. The van der Waals surface area contributed by atoms with Crippen LogP contribution in [0.4, 0.5) is 17.3 Å². The summed E-state index contributed by atoms with van der Waals surface area (Å²) in [6.07, 6.45) is 0. The Morgan fingerprint density at radius 3 is 0.929 bits per heavy atom. The highest BCUT2D eigenvalue weighted by atomic mass is 19.5. The molecule has 0 aliphatic rings. The molecule has 0 aromatic rings. The molecule has 0 rings (SSSR count). The standard InChI is InChI=1S/C8H20N.BF4/c1-5-9(6-2,7-3)8-4;2-1(3,4)5/h5-8H2,1-4H3;/q+1;-1/p+1. The molecule has 0 heterocycles. The van der Waals surface area contributed by atoms with Crippen molar-refractivity contribution in [1.82, 2.24) is 0 Å².